The number of nitrogens with one attached hydrogen (secondary N) is 1. The van der Waals surface area contributed by atoms with Crippen molar-refractivity contribution in [3.05, 3.63) is 0 Å². The Hall–Kier alpha value is -0.0800. The van der Waals surface area contributed by atoms with Crippen LogP contribution in [-0.2, 0) is 0 Å². The fraction of sp³-hybridized carbons (Fsp3) is 1.00. The van der Waals surface area contributed by atoms with Crippen molar-refractivity contribution in [2.45, 2.75) is 63.5 Å². The third kappa shape index (κ3) is 2.94. The minimum Gasteiger partial charge on any atom is -0.310 e. The molecule has 0 aromatic rings. The Morgan fingerprint density at radius 1 is 1.20 bits per heavy atom. The molecule has 1 N–H and O–H groups in total. The highest BCUT2D eigenvalue weighted by atomic mass is 15.2. The smallest absolute Gasteiger partial charge is 0.0280 e. The average Bonchev–Trinajstić information content (AvgIpc) is 2.66. The summed E-state index contributed by atoms with van der Waals surface area (Å²) < 4.78 is 0. The lowest BCUT2D eigenvalue weighted by molar-refractivity contribution is 0.150. The predicted molar refractivity (Wildman–Crippen MR) is 65.1 cm³/mol. The summed E-state index contributed by atoms with van der Waals surface area (Å²) in [6, 6.07) is 0.859. The van der Waals surface area contributed by atoms with E-state index in [0.29, 0.717) is 5.54 Å². The van der Waals surface area contributed by atoms with Gasteiger partial charge in [-0.3, -0.25) is 0 Å². The molecule has 2 fully saturated rings. The highest BCUT2D eigenvalue weighted by molar-refractivity contribution is 4.92. The van der Waals surface area contributed by atoms with E-state index in [1.807, 2.05) is 0 Å². The first kappa shape index (κ1) is 11.4. The summed E-state index contributed by atoms with van der Waals surface area (Å²) in [5.74, 6) is 0. The van der Waals surface area contributed by atoms with Crippen molar-refractivity contribution in [2.24, 2.45) is 0 Å². The first-order chi connectivity index (χ1) is 7.20. The zero-order valence-corrected chi connectivity index (χ0v) is 10.4. The van der Waals surface area contributed by atoms with Crippen molar-refractivity contribution in [1.29, 1.82) is 0 Å². The van der Waals surface area contributed by atoms with Gasteiger partial charge in [0.15, 0.2) is 0 Å². The number of hydrogen-bond acceptors (Lipinski definition) is 2. The SMILES string of the molecule is CN(CC1(C)CCCN1)C1CCCCC1. The normalized spacial score (nSPS) is 33.8. The van der Waals surface area contributed by atoms with Crippen molar-refractivity contribution < 1.29 is 0 Å². The molecule has 1 aliphatic heterocycles. The first-order valence-corrected chi connectivity index (χ1v) is 6.65. The monoisotopic (exact) mass is 210 g/mol. The summed E-state index contributed by atoms with van der Waals surface area (Å²) in [7, 11) is 2.32. The second kappa shape index (κ2) is 4.84. The van der Waals surface area contributed by atoms with Crippen LogP contribution in [0.15, 0.2) is 0 Å². The third-order valence-electron chi connectivity index (χ3n) is 4.25. The second-order valence-electron chi connectivity index (χ2n) is 5.80. The predicted octanol–water partition coefficient (Wildman–Crippen LogP) is 2.39. The van der Waals surface area contributed by atoms with Gasteiger partial charge in [-0.2, -0.15) is 0 Å². The maximum absolute atomic E-state index is 3.66. The molecule has 0 aromatic heterocycles. The Kier molecular flexibility index (Phi) is 3.68. The summed E-state index contributed by atoms with van der Waals surface area (Å²) in [4.78, 5) is 2.61. The second-order valence-corrected chi connectivity index (χ2v) is 5.80. The Balaban J connectivity index is 1.82. The van der Waals surface area contributed by atoms with Gasteiger partial charge in [-0.05, 0) is 46.2 Å². The standard InChI is InChI=1S/C13H26N2/c1-13(9-6-10-14-13)11-15(2)12-7-4-3-5-8-12/h12,14H,3-11H2,1-2H3. The summed E-state index contributed by atoms with van der Waals surface area (Å²) in [5, 5.41) is 3.66. The topological polar surface area (TPSA) is 15.3 Å². The molecular weight excluding hydrogens is 184 g/mol. The molecule has 0 amide bonds. The van der Waals surface area contributed by atoms with Crippen LogP contribution in [0.3, 0.4) is 0 Å². The van der Waals surface area contributed by atoms with E-state index in [0.717, 1.165) is 6.04 Å². The molecule has 2 rings (SSSR count). The lowest BCUT2D eigenvalue weighted by atomic mass is 9.92. The largest absolute Gasteiger partial charge is 0.310 e. The fourth-order valence-corrected chi connectivity index (χ4v) is 3.29. The van der Waals surface area contributed by atoms with Crippen LogP contribution in [-0.4, -0.2) is 36.6 Å². The molecule has 2 aliphatic rings. The van der Waals surface area contributed by atoms with Gasteiger partial charge in [-0.25, -0.2) is 0 Å². The average molecular weight is 210 g/mol. The van der Waals surface area contributed by atoms with Crippen molar-refractivity contribution in [2.75, 3.05) is 20.1 Å². The van der Waals surface area contributed by atoms with E-state index < -0.39 is 0 Å². The van der Waals surface area contributed by atoms with Crippen LogP contribution < -0.4 is 5.32 Å². The Morgan fingerprint density at radius 3 is 2.53 bits per heavy atom. The van der Waals surface area contributed by atoms with E-state index in [4.69, 9.17) is 0 Å². The molecule has 0 radical (unpaired) electrons. The number of hydrogen-bond donors (Lipinski definition) is 1. The molecular formula is C13H26N2. The lowest BCUT2D eigenvalue weighted by Gasteiger charge is -2.37. The van der Waals surface area contributed by atoms with Crippen molar-refractivity contribution in [3.8, 4) is 0 Å². The van der Waals surface area contributed by atoms with E-state index in [1.165, 1.54) is 58.0 Å². The van der Waals surface area contributed by atoms with Gasteiger partial charge in [0, 0.05) is 18.1 Å². The summed E-state index contributed by atoms with van der Waals surface area (Å²) in [6.07, 6.45) is 9.90. The van der Waals surface area contributed by atoms with Gasteiger partial charge in [0.1, 0.15) is 0 Å². The highest BCUT2D eigenvalue weighted by Gasteiger charge is 2.31. The van der Waals surface area contributed by atoms with E-state index in [2.05, 4.69) is 24.2 Å². The first-order valence-electron chi connectivity index (χ1n) is 6.65. The third-order valence-corrected chi connectivity index (χ3v) is 4.25. The van der Waals surface area contributed by atoms with E-state index in [1.54, 1.807) is 0 Å². The molecule has 15 heavy (non-hydrogen) atoms. The molecule has 1 saturated carbocycles. The highest BCUT2D eigenvalue weighted by Crippen LogP contribution is 2.25. The van der Waals surface area contributed by atoms with Crippen LogP contribution in [0.5, 0.6) is 0 Å². The van der Waals surface area contributed by atoms with Crippen LogP contribution in [0.1, 0.15) is 51.9 Å². The summed E-state index contributed by atoms with van der Waals surface area (Å²) in [5.41, 5.74) is 0.395. The van der Waals surface area contributed by atoms with Crippen molar-refractivity contribution in [3.63, 3.8) is 0 Å². The maximum Gasteiger partial charge on any atom is 0.0280 e. The quantitative estimate of drug-likeness (QED) is 0.769. The fourth-order valence-electron chi connectivity index (χ4n) is 3.29. The van der Waals surface area contributed by atoms with E-state index in [9.17, 15) is 0 Å². The minimum absolute atomic E-state index is 0.395. The molecule has 0 bridgehead atoms. The van der Waals surface area contributed by atoms with Gasteiger partial charge in [0.25, 0.3) is 0 Å². The van der Waals surface area contributed by atoms with Crippen LogP contribution in [0, 0.1) is 0 Å². The zero-order valence-electron chi connectivity index (χ0n) is 10.4. The molecule has 2 heteroatoms. The van der Waals surface area contributed by atoms with Crippen LogP contribution in [0.25, 0.3) is 0 Å². The van der Waals surface area contributed by atoms with Gasteiger partial charge < -0.3 is 10.2 Å². The summed E-state index contributed by atoms with van der Waals surface area (Å²) in [6.45, 7) is 4.84. The molecule has 1 atom stereocenters. The Labute approximate surface area is 94.4 Å². The van der Waals surface area contributed by atoms with Crippen molar-refractivity contribution in [1.82, 2.24) is 10.2 Å². The molecule has 88 valence electrons. The minimum atomic E-state index is 0.395. The van der Waals surface area contributed by atoms with Gasteiger partial charge >= 0.3 is 0 Å². The molecule has 2 nitrogen and oxygen atoms in total. The summed E-state index contributed by atoms with van der Waals surface area (Å²) >= 11 is 0. The Bertz CT molecular complexity index is 191. The van der Waals surface area contributed by atoms with Gasteiger partial charge in [-0.1, -0.05) is 19.3 Å². The van der Waals surface area contributed by atoms with Gasteiger partial charge in [-0.15, -0.1) is 0 Å². The lowest BCUT2D eigenvalue weighted by Crippen LogP contribution is -2.49. The van der Waals surface area contributed by atoms with Crippen LogP contribution >= 0.6 is 0 Å². The van der Waals surface area contributed by atoms with E-state index in [-0.39, 0.29) is 0 Å². The molecule has 1 aliphatic carbocycles. The van der Waals surface area contributed by atoms with Gasteiger partial charge in [0.2, 0.25) is 0 Å². The molecule has 1 saturated heterocycles. The molecule has 0 aromatic carbocycles. The Morgan fingerprint density at radius 2 is 1.93 bits per heavy atom. The van der Waals surface area contributed by atoms with Crippen LogP contribution in [0.2, 0.25) is 0 Å². The van der Waals surface area contributed by atoms with Crippen LogP contribution in [0.4, 0.5) is 0 Å². The number of nitrogens with zero attached hydrogens (tertiary/aromatic N) is 1. The zero-order chi connectivity index (χ0) is 10.7. The number of rotatable bonds is 3. The van der Waals surface area contributed by atoms with E-state index >= 15 is 0 Å². The molecule has 1 heterocycles. The number of likely N-dealkylation sites (N-methyl/N-ethyl adjacent to an activating group) is 1. The van der Waals surface area contributed by atoms with Crippen molar-refractivity contribution >= 4 is 0 Å². The molecule has 0 spiro atoms. The molecule has 1 unspecified atom stereocenters. The van der Waals surface area contributed by atoms with Gasteiger partial charge in [0.05, 0.1) is 0 Å². The maximum atomic E-state index is 3.66.